The Morgan fingerprint density at radius 2 is 1.73 bits per heavy atom. The standard InChI is InChI=1S/C22H27NO3/c1-3-21(18-9-8-16-6-4-5-7-17(16)14-18)23-22(24)15-26-20-12-10-19(25-2)11-13-20/h8-14,21H,3-7,15H2,1-2H3,(H,23,24). The summed E-state index contributed by atoms with van der Waals surface area (Å²) in [6.45, 7) is 2.10. The fourth-order valence-corrected chi connectivity index (χ4v) is 3.45. The van der Waals surface area contributed by atoms with Crippen LogP contribution in [-0.4, -0.2) is 19.6 Å². The predicted octanol–water partition coefficient (Wildman–Crippen LogP) is 4.22. The molecule has 3 rings (SSSR count). The molecule has 0 saturated carbocycles. The Balaban J connectivity index is 1.57. The van der Waals surface area contributed by atoms with E-state index in [9.17, 15) is 4.79 Å². The minimum Gasteiger partial charge on any atom is -0.497 e. The molecule has 1 aliphatic rings. The van der Waals surface area contributed by atoms with E-state index in [0.717, 1.165) is 18.6 Å². The van der Waals surface area contributed by atoms with E-state index < -0.39 is 0 Å². The second kappa shape index (κ2) is 8.75. The van der Waals surface area contributed by atoms with Crippen molar-refractivity contribution < 1.29 is 14.3 Å². The maximum Gasteiger partial charge on any atom is 0.258 e. The number of methoxy groups -OCH3 is 1. The molecule has 0 saturated heterocycles. The van der Waals surface area contributed by atoms with Gasteiger partial charge >= 0.3 is 0 Å². The second-order valence-electron chi connectivity index (χ2n) is 6.73. The molecule has 1 N–H and O–H groups in total. The number of hydrogen-bond donors (Lipinski definition) is 1. The largest absolute Gasteiger partial charge is 0.497 e. The Morgan fingerprint density at radius 1 is 1.04 bits per heavy atom. The number of fused-ring (bicyclic) bond motifs is 1. The summed E-state index contributed by atoms with van der Waals surface area (Å²) in [5.41, 5.74) is 4.09. The summed E-state index contributed by atoms with van der Waals surface area (Å²) in [6, 6.07) is 13.9. The van der Waals surface area contributed by atoms with Crippen LogP contribution in [0.15, 0.2) is 42.5 Å². The lowest BCUT2D eigenvalue weighted by molar-refractivity contribution is -0.123. The zero-order valence-corrected chi connectivity index (χ0v) is 15.6. The van der Waals surface area contributed by atoms with Crippen LogP contribution in [0.5, 0.6) is 11.5 Å². The highest BCUT2D eigenvalue weighted by molar-refractivity contribution is 5.78. The maximum absolute atomic E-state index is 12.3. The molecule has 1 amide bonds. The quantitative estimate of drug-likeness (QED) is 0.811. The van der Waals surface area contributed by atoms with E-state index in [2.05, 4.69) is 30.4 Å². The third kappa shape index (κ3) is 4.57. The molecule has 0 bridgehead atoms. The van der Waals surface area contributed by atoms with E-state index in [4.69, 9.17) is 9.47 Å². The van der Waals surface area contributed by atoms with Gasteiger partial charge in [-0.1, -0.05) is 25.1 Å². The van der Waals surface area contributed by atoms with Gasteiger partial charge < -0.3 is 14.8 Å². The van der Waals surface area contributed by atoms with Gasteiger partial charge in [-0.25, -0.2) is 0 Å². The molecule has 0 aliphatic heterocycles. The highest BCUT2D eigenvalue weighted by Crippen LogP contribution is 2.26. The number of nitrogens with one attached hydrogen (secondary N) is 1. The number of benzene rings is 2. The molecule has 0 aromatic heterocycles. The lowest BCUT2D eigenvalue weighted by Crippen LogP contribution is -2.32. The van der Waals surface area contributed by atoms with Crippen LogP contribution in [0.1, 0.15) is 48.9 Å². The molecule has 1 aliphatic carbocycles. The minimum absolute atomic E-state index is 0.00771. The lowest BCUT2D eigenvalue weighted by atomic mass is 9.89. The zero-order chi connectivity index (χ0) is 18.4. The van der Waals surface area contributed by atoms with Crippen LogP contribution < -0.4 is 14.8 Å². The van der Waals surface area contributed by atoms with Crippen molar-refractivity contribution >= 4 is 5.91 Å². The number of hydrogen-bond acceptors (Lipinski definition) is 3. The van der Waals surface area contributed by atoms with Gasteiger partial charge in [0.15, 0.2) is 6.61 Å². The van der Waals surface area contributed by atoms with Crippen LogP contribution in [0.3, 0.4) is 0 Å². The van der Waals surface area contributed by atoms with Gasteiger partial charge in [0.05, 0.1) is 13.2 Å². The molecule has 4 heteroatoms. The second-order valence-corrected chi connectivity index (χ2v) is 6.73. The number of carbonyl (C=O) groups is 1. The maximum atomic E-state index is 12.3. The topological polar surface area (TPSA) is 47.6 Å². The van der Waals surface area contributed by atoms with Crippen molar-refractivity contribution in [3.05, 3.63) is 59.2 Å². The molecule has 0 fully saturated rings. The number of rotatable bonds is 7. The fourth-order valence-electron chi connectivity index (χ4n) is 3.45. The Labute approximate surface area is 155 Å². The van der Waals surface area contributed by atoms with E-state index in [1.54, 1.807) is 19.2 Å². The normalized spacial score (nSPS) is 14.2. The highest BCUT2D eigenvalue weighted by Gasteiger charge is 2.16. The molecule has 1 atom stereocenters. The van der Waals surface area contributed by atoms with Gasteiger partial charge in [-0.15, -0.1) is 0 Å². The molecule has 26 heavy (non-hydrogen) atoms. The van der Waals surface area contributed by atoms with Crippen molar-refractivity contribution in [2.24, 2.45) is 0 Å². The van der Waals surface area contributed by atoms with Crippen LogP contribution >= 0.6 is 0 Å². The van der Waals surface area contributed by atoms with Crippen molar-refractivity contribution in [1.82, 2.24) is 5.32 Å². The van der Waals surface area contributed by atoms with Gasteiger partial charge in [-0.3, -0.25) is 4.79 Å². The number of carbonyl (C=O) groups excluding carboxylic acids is 1. The van der Waals surface area contributed by atoms with Crippen molar-refractivity contribution in [2.75, 3.05) is 13.7 Å². The van der Waals surface area contributed by atoms with Crippen LogP contribution in [0.4, 0.5) is 0 Å². The number of ether oxygens (including phenoxy) is 2. The molecule has 0 heterocycles. The van der Waals surface area contributed by atoms with Crippen molar-refractivity contribution in [1.29, 1.82) is 0 Å². The predicted molar refractivity (Wildman–Crippen MR) is 103 cm³/mol. The first-order valence-electron chi connectivity index (χ1n) is 9.37. The molecule has 138 valence electrons. The van der Waals surface area contributed by atoms with Crippen molar-refractivity contribution in [3.8, 4) is 11.5 Å². The van der Waals surface area contributed by atoms with Gasteiger partial charge in [0.25, 0.3) is 5.91 Å². The summed E-state index contributed by atoms with van der Waals surface area (Å²) in [5, 5.41) is 3.09. The SMILES string of the molecule is CCC(NC(=O)COc1ccc(OC)cc1)c1ccc2c(c1)CCCC2. The lowest BCUT2D eigenvalue weighted by Gasteiger charge is -2.21. The van der Waals surface area contributed by atoms with Crippen LogP contribution in [0.2, 0.25) is 0 Å². The Bertz CT molecular complexity index is 740. The van der Waals surface area contributed by atoms with Gasteiger partial charge in [-0.05, 0) is 73.1 Å². The summed E-state index contributed by atoms with van der Waals surface area (Å²) in [5.74, 6) is 1.31. The van der Waals surface area contributed by atoms with Crippen LogP contribution in [-0.2, 0) is 17.6 Å². The molecular formula is C22H27NO3. The van der Waals surface area contributed by atoms with Crippen molar-refractivity contribution in [3.63, 3.8) is 0 Å². The first-order valence-corrected chi connectivity index (χ1v) is 9.37. The van der Waals surface area contributed by atoms with Crippen LogP contribution in [0, 0.1) is 0 Å². The molecule has 2 aromatic rings. The zero-order valence-electron chi connectivity index (χ0n) is 15.6. The minimum atomic E-state index is -0.106. The molecule has 0 radical (unpaired) electrons. The average Bonchev–Trinajstić information content (AvgIpc) is 2.70. The van der Waals surface area contributed by atoms with E-state index in [1.165, 1.54) is 36.0 Å². The molecule has 0 spiro atoms. The number of amides is 1. The highest BCUT2D eigenvalue weighted by atomic mass is 16.5. The van der Waals surface area contributed by atoms with Gasteiger partial charge in [0.1, 0.15) is 11.5 Å². The first-order chi connectivity index (χ1) is 12.7. The van der Waals surface area contributed by atoms with E-state index in [-0.39, 0.29) is 18.6 Å². The van der Waals surface area contributed by atoms with Gasteiger partial charge in [-0.2, -0.15) is 0 Å². The Hall–Kier alpha value is -2.49. The van der Waals surface area contributed by atoms with E-state index in [1.807, 2.05) is 12.1 Å². The van der Waals surface area contributed by atoms with Crippen molar-refractivity contribution in [2.45, 2.75) is 45.1 Å². The summed E-state index contributed by atoms with van der Waals surface area (Å²) < 4.78 is 10.7. The molecule has 2 aromatic carbocycles. The first kappa shape index (κ1) is 18.3. The average molecular weight is 353 g/mol. The Morgan fingerprint density at radius 3 is 2.42 bits per heavy atom. The molecule has 1 unspecified atom stereocenters. The summed E-state index contributed by atoms with van der Waals surface area (Å²) in [4.78, 5) is 12.3. The van der Waals surface area contributed by atoms with E-state index in [0.29, 0.717) is 5.75 Å². The smallest absolute Gasteiger partial charge is 0.258 e. The van der Waals surface area contributed by atoms with Gasteiger partial charge in [0.2, 0.25) is 0 Å². The Kier molecular flexibility index (Phi) is 6.16. The third-order valence-corrected chi connectivity index (χ3v) is 4.95. The summed E-state index contributed by atoms with van der Waals surface area (Å²) in [6.07, 6.45) is 5.72. The molecular weight excluding hydrogens is 326 g/mol. The summed E-state index contributed by atoms with van der Waals surface area (Å²) in [7, 11) is 1.62. The fraction of sp³-hybridized carbons (Fsp3) is 0.409. The number of aryl methyl sites for hydroxylation is 2. The van der Waals surface area contributed by atoms with Gasteiger partial charge in [0, 0.05) is 0 Å². The summed E-state index contributed by atoms with van der Waals surface area (Å²) >= 11 is 0. The third-order valence-electron chi connectivity index (χ3n) is 4.95. The monoisotopic (exact) mass is 353 g/mol. The molecule has 4 nitrogen and oxygen atoms in total. The van der Waals surface area contributed by atoms with E-state index >= 15 is 0 Å². The van der Waals surface area contributed by atoms with Crippen LogP contribution in [0.25, 0.3) is 0 Å².